The summed E-state index contributed by atoms with van der Waals surface area (Å²) in [5.41, 5.74) is 2.45. The van der Waals surface area contributed by atoms with Crippen LogP contribution in [0.3, 0.4) is 0 Å². The third-order valence-corrected chi connectivity index (χ3v) is 7.83. The average Bonchev–Trinajstić information content (AvgIpc) is 3.50. The van der Waals surface area contributed by atoms with E-state index in [4.69, 9.17) is 4.74 Å². The molecule has 9 heteroatoms. The standard InChI is InChI=1S/C27H18BrFN2O4S/c1-13-9-16-10-15(5-8-20(16)35-13)24(32)22-23(14-3-2-4-17(28)11-14)31(26(34)25(22)33)27-30-19-7-6-18(29)12-21(19)36-27/h2-8,10-13,23,32H,9H2,1H3/t13-,23+/m0/s1. The molecule has 1 fully saturated rings. The number of hydrogen-bond acceptors (Lipinski definition) is 6. The number of nitrogens with zero attached hydrogens (tertiary/aromatic N) is 2. The van der Waals surface area contributed by atoms with Crippen molar-refractivity contribution < 1.29 is 23.8 Å². The molecule has 180 valence electrons. The molecule has 0 bridgehead atoms. The Labute approximate surface area is 217 Å². The molecule has 4 aromatic rings. The van der Waals surface area contributed by atoms with Gasteiger partial charge in [0.1, 0.15) is 23.4 Å². The molecule has 0 saturated carbocycles. The zero-order valence-electron chi connectivity index (χ0n) is 18.9. The van der Waals surface area contributed by atoms with Gasteiger partial charge in [-0.15, -0.1) is 0 Å². The van der Waals surface area contributed by atoms with E-state index in [0.717, 1.165) is 27.1 Å². The fraction of sp³-hybridized carbons (Fsp3) is 0.148. The Morgan fingerprint density at radius 1 is 1.17 bits per heavy atom. The van der Waals surface area contributed by atoms with Crippen LogP contribution in [0.1, 0.15) is 29.7 Å². The summed E-state index contributed by atoms with van der Waals surface area (Å²) in [5.74, 6) is -1.56. The molecule has 1 aromatic heterocycles. The molecular weight excluding hydrogens is 547 g/mol. The van der Waals surface area contributed by atoms with Crippen molar-refractivity contribution in [2.45, 2.75) is 25.5 Å². The molecule has 2 aliphatic heterocycles. The fourth-order valence-corrected chi connectivity index (χ4v) is 6.17. The Morgan fingerprint density at radius 3 is 2.81 bits per heavy atom. The van der Waals surface area contributed by atoms with Crippen LogP contribution in [0.5, 0.6) is 5.75 Å². The Balaban J connectivity index is 1.54. The molecule has 0 aliphatic carbocycles. The molecule has 0 radical (unpaired) electrons. The van der Waals surface area contributed by atoms with Gasteiger partial charge in [0.2, 0.25) is 0 Å². The Morgan fingerprint density at radius 2 is 2.00 bits per heavy atom. The van der Waals surface area contributed by atoms with Crippen molar-refractivity contribution in [3.05, 3.63) is 93.2 Å². The number of carbonyl (C=O) groups excluding carboxylic acids is 2. The van der Waals surface area contributed by atoms with E-state index in [9.17, 15) is 19.1 Å². The van der Waals surface area contributed by atoms with E-state index in [2.05, 4.69) is 20.9 Å². The van der Waals surface area contributed by atoms with E-state index in [1.807, 2.05) is 13.0 Å². The minimum Gasteiger partial charge on any atom is -0.507 e. The van der Waals surface area contributed by atoms with E-state index in [-0.39, 0.29) is 22.6 Å². The highest BCUT2D eigenvalue weighted by atomic mass is 79.9. The highest BCUT2D eigenvalue weighted by Gasteiger charge is 2.48. The summed E-state index contributed by atoms with van der Waals surface area (Å²) in [4.78, 5) is 32.6. The number of fused-ring (bicyclic) bond motifs is 2. The molecule has 6 nitrogen and oxygen atoms in total. The SMILES string of the molecule is C[C@H]1Cc2cc(C(O)=C3C(=O)C(=O)N(c4nc5ccc(F)cc5s4)[C@@H]3c3cccc(Br)c3)ccc2O1. The van der Waals surface area contributed by atoms with Crippen LogP contribution in [0.4, 0.5) is 9.52 Å². The number of Topliss-reactive ketones (excluding diaryl/α,β-unsaturated/α-hetero) is 1. The molecule has 2 aliphatic rings. The molecule has 1 amide bonds. The lowest BCUT2D eigenvalue weighted by molar-refractivity contribution is -0.132. The Bertz CT molecular complexity index is 1610. The van der Waals surface area contributed by atoms with Gasteiger partial charge >= 0.3 is 5.91 Å². The number of carbonyl (C=O) groups is 2. The summed E-state index contributed by atoms with van der Waals surface area (Å²) in [7, 11) is 0. The largest absolute Gasteiger partial charge is 0.507 e. The van der Waals surface area contributed by atoms with Crippen molar-refractivity contribution >= 4 is 60.1 Å². The number of rotatable bonds is 3. The van der Waals surface area contributed by atoms with E-state index >= 15 is 0 Å². The first-order valence-electron chi connectivity index (χ1n) is 11.2. The summed E-state index contributed by atoms with van der Waals surface area (Å²) in [6.45, 7) is 1.96. The maximum atomic E-state index is 13.8. The normalized spacial score (nSPS) is 20.7. The molecule has 2 atom stereocenters. The number of anilines is 1. The lowest BCUT2D eigenvalue weighted by Gasteiger charge is -2.23. The Kier molecular flexibility index (Phi) is 5.42. The quantitative estimate of drug-likeness (QED) is 0.183. The van der Waals surface area contributed by atoms with Crippen LogP contribution in [0.15, 0.2) is 70.7 Å². The summed E-state index contributed by atoms with van der Waals surface area (Å²) >= 11 is 4.57. The number of ketones is 1. The van der Waals surface area contributed by atoms with Gasteiger partial charge in [0.05, 0.1) is 21.8 Å². The van der Waals surface area contributed by atoms with E-state index in [0.29, 0.717) is 27.8 Å². The molecule has 0 spiro atoms. The van der Waals surface area contributed by atoms with Crippen LogP contribution >= 0.6 is 27.3 Å². The second kappa shape index (κ2) is 8.53. The molecular formula is C27H18BrFN2O4S. The minimum atomic E-state index is -0.920. The van der Waals surface area contributed by atoms with Gasteiger partial charge in [0, 0.05) is 16.5 Å². The van der Waals surface area contributed by atoms with Crippen molar-refractivity contribution in [3.63, 3.8) is 0 Å². The monoisotopic (exact) mass is 564 g/mol. The second-order valence-corrected chi connectivity index (χ2v) is 10.7. The number of hydrogen-bond donors (Lipinski definition) is 1. The van der Waals surface area contributed by atoms with Crippen LogP contribution in [0, 0.1) is 5.82 Å². The van der Waals surface area contributed by atoms with Crippen LogP contribution < -0.4 is 9.64 Å². The fourth-order valence-electron chi connectivity index (χ4n) is 4.74. The smallest absolute Gasteiger partial charge is 0.301 e. The van der Waals surface area contributed by atoms with Crippen LogP contribution in [-0.2, 0) is 16.0 Å². The van der Waals surface area contributed by atoms with Crippen molar-refractivity contribution in [2.75, 3.05) is 4.90 Å². The molecule has 6 rings (SSSR count). The summed E-state index contributed by atoms with van der Waals surface area (Å²) in [5, 5.41) is 11.7. The van der Waals surface area contributed by atoms with Gasteiger partial charge in [-0.3, -0.25) is 14.5 Å². The topological polar surface area (TPSA) is 79.7 Å². The Hall–Kier alpha value is -3.56. The average molecular weight is 565 g/mol. The molecule has 1 N–H and O–H groups in total. The first-order valence-corrected chi connectivity index (χ1v) is 12.8. The number of benzene rings is 3. The predicted molar refractivity (Wildman–Crippen MR) is 139 cm³/mol. The number of ether oxygens (including phenoxy) is 1. The van der Waals surface area contributed by atoms with Crippen LogP contribution in [-0.4, -0.2) is 27.9 Å². The summed E-state index contributed by atoms with van der Waals surface area (Å²) < 4.78 is 20.9. The number of aliphatic hydroxyl groups excluding tert-OH is 1. The zero-order chi connectivity index (χ0) is 25.1. The van der Waals surface area contributed by atoms with Crippen LogP contribution in [0.25, 0.3) is 16.0 Å². The van der Waals surface area contributed by atoms with E-state index in [1.54, 1.807) is 36.4 Å². The molecule has 36 heavy (non-hydrogen) atoms. The second-order valence-electron chi connectivity index (χ2n) is 8.79. The van der Waals surface area contributed by atoms with Gasteiger partial charge in [-0.05, 0) is 66.6 Å². The van der Waals surface area contributed by atoms with Gasteiger partial charge in [0.25, 0.3) is 5.78 Å². The van der Waals surface area contributed by atoms with Gasteiger partial charge in [-0.2, -0.15) is 0 Å². The lowest BCUT2D eigenvalue weighted by Crippen LogP contribution is -2.29. The lowest BCUT2D eigenvalue weighted by atomic mass is 9.94. The van der Waals surface area contributed by atoms with E-state index in [1.165, 1.54) is 23.1 Å². The first kappa shape index (κ1) is 22.9. The minimum absolute atomic E-state index is 0.0218. The molecule has 3 aromatic carbocycles. The van der Waals surface area contributed by atoms with Gasteiger partial charge < -0.3 is 9.84 Å². The zero-order valence-corrected chi connectivity index (χ0v) is 21.3. The number of aromatic nitrogens is 1. The summed E-state index contributed by atoms with van der Waals surface area (Å²) in [6, 6.07) is 15.7. The maximum absolute atomic E-state index is 13.8. The third kappa shape index (κ3) is 3.70. The maximum Gasteiger partial charge on any atom is 0.301 e. The molecule has 1 saturated heterocycles. The third-order valence-electron chi connectivity index (χ3n) is 6.32. The number of thiazole rings is 1. The molecule has 3 heterocycles. The highest BCUT2D eigenvalue weighted by molar-refractivity contribution is 9.10. The van der Waals surface area contributed by atoms with Crippen molar-refractivity contribution in [1.29, 1.82) is 0 Å². The number of halogens is 2. The van der Waals surface area contributed by atoms with E-state index < -0.39 is 23.5 Å². The van der Waals surface area contributed by atoms with Gasteiger partial charge in [-0.1, -0.05) is 39.4 Å². The van der Waals surface area contributed by atoms with Crippen LogP contribution in [0.2, 0.25) is 0 Å². The molecule has 0 unspecified atom stereocenters. The van der Waals surface area contributed by atoms with Crippen molar-refractivity contribution in [2.24, 2.45) is 0 Å². The first-order chi connectivity index (χ1) is 17.3. The number of aliphatic hydroxyl groups is 1. The van der Waals surface area contributed by atoms with Gasteiger partial charge in [-0.25, -0.2) is 9.37 Å². The summed E-state index contributed by atoms with van der Waals surface area (Å²) in [6.07, 6.45) is 0.704. The number of amides is 1. The van der Waals surface area contributed by atoms with Gasteiger partial charge in [0.15, 0.2) is 5.13 Å². The highest BCUT2D eigenvalue weighted by Crippen LogP contribution is 2.45. The van der Waals surface area contributed by atoms with Crippen molar-refractivity contribution in [1.82, 2.24) is 4.98 Å². The predicted octanol–water partition coefficient (Wildman–Crippen LogP) is 6.15. The van der Waals surface area contributed by atoms with Crippen molar-refractivity contribution in [3.8, 4) is 5.75 Å².